The zero-order valence-corrected chi connectivity index (χ0v) is 8.19. The summed E-state index contributed by atoms with van der Waals surface area (Å²) >= 11 is 0. The van der Waals surface area contributed by atoms with Gasteiger partial charge in [0.05, 0.1) is 0 Å². The lowest BCUT2D eigenvalue weighted by molar-refractivity contribution is 0.125. The highest BCUT2D eigenvalue weighted by Crippen LogP contribution is 2.27. The minimum atomic E-state index is 0.190. The Bertz CT molecular complexity index is 84.9. The molecule has 0 aromatic heterocycles. The van der Waals surface area contributed by atoms with Crippen molar-refractivity contribution in [1.82, 2.24) is 0 Å². The van der Waals surface area contributed by atoms with Gasteiger partial charge in [0.2, 0.25) is 0 Å². The lowest BCUT2D eigenvalue weighted by Gasteiger charge is -2.25. The number of unbranched alkanes of at least 4 members (excludes halogenated alkanes) is 2. The van der Waals surface area contributed by atoms with Crippen LogP contribution in [0.5, 0.6) is 0 Å². The monoisotopic (exact) mass is 158 g/mol. The Hall–Kier alpha value is -0.0400. The summed E-state index contributed by atoms with van der Waals surface area (Å²) in [5.74, 6) is 0. The van der Waals surface area contributed by atoms with Gasteiger partial charge in [-0.3, -0.25) is 0 Å². The highest BCUT2D eigenvalue weighted by atomic mass is 16.3. The van der Waals surface area contributed by atoms with Gasteiger partial charge in [0.25, 0.3) is 0 Å². The fraction of sp³-hybridized carbons (Fsp3) is 1.00. The fourth-order valence-corrected chi connectivity index (χ4v) is 1.17. The highest BCUT2D eigenvalue weighted by Gasteiger charge is 2.19. The molecule has 1 N–H and O–H groups in total. The Kier molecular flexibility index (Phi) is 5.57. The maximum atomic E-state index is 9.08. The molecule has 0 amide bonds. The molecule has 0 rings (SSSR count). The molecule has 0 aliphatic carbocycles. The summed E-state index contributed by atoms with van der Waals surface area (Å²) in [6, 6.07) is 0. The number of rotatable bonds is 6. The molecule has 1 unspecified atom stereocenters. The fourth-order valence-electron chi connectivity index (χ4n) is 1.17. The number of aliphatic hydroxyl groups excluding tert-OH is 1. The van der Waals surface area contributed by atoms with Crippen LogP contribution in [0.3, 0.4) is 0 Å². The van der Waals surface area contributed by atoms with Gasteiger partial charge in [-0.05, 0) is 18.3 Å². The van der Waals surface area contributed by atoms with E-state index in [0.29, 0.717) is 6.61 Å². The van der Waals surface area contributed by atoms with Crippen LogP contribution in [0.25, 0.3) is 0 Å². The summed E-state index contributed by atoms with van der Waals surface area (Å²) in [4.78, 5) is 0. The molecule has 0 saturated carbocycles. The average Bonchev–Trinajstić information content (AvgIpc) is 2.05. The van der Waals surface area contributed by atoms with Crippen molar-refractivity contribution in [3.63, 3.8) is 0 Å². The molecule has 0 aliphatic rings. The Balaban J connectivity index is 3.51. The first kappa shape index (κ1) is 11.0. The molecule has 0 aromatic rings. The third-order valence-electron chi connectivity index (χ3n) is 2.62. The molecule has 0 spiro atoms. The van der Waals surface area contributed by atoms with Gasteiger partial charge in [0.1, 0.15) is 0 Å². The van der Waals surface area contributed by atoms with E-state index in [1.165, 1.54) is 25.7 Å². The molecule has 0 aromatic carbocycles. The van der Waals surface area contributed by atoms with Crippen LogP contribution in [0.15, 0.2) is 0 Å². The van der Waals surface area contributed by atoms with Crippen molar-refractivity contribution in [2.45, 2.75) is 52.9 Å². The summed E-state index contributed by atoms with van der Waals surface area (Å²) in [5, 5.41) is 9.08. The van der Waals surface area contributed by atoms with Gasteiger partial charge in [0, 0.05) is 6.61 Å². The van der Waals surface area contributed by atoms with E-state index in [1.807, 2.05) is 0 Å². The molecule has 0 bridgehead atoms. The second-order valence-corrected chi connectivity index (χ2v) is 3.78. The van der Waals surface area contributed by atoms with E-state index in [2.05, 4.69) is 20.8 Å². The Morgan fingerprint density at radius 2 is 1.82 bits per heavy atom. The van der Waals surface area contributed by atoms with Crippen molar-refractivity contribution in [2.75, 3.05) is 6.61 Å². The average molecular weight is 158 g/mol. The van der Waals surface area contributed by atoms with Gasteiger partial charge in [-0.1, -0.05) is 40.0 Å². The van der Waals surface area contributed by atoms with Crippen molar-refractivity contribution in [1.29, 1.82) is 0 Å². The second kappa shape index (κ2) is 5.59. The second-order valence-electron chi connectivity index (χ2n) is 3.78. The summed E-state index contributed by atoms with van der Waals surface area (Å²) in [7, 11) is 0. The number of hydrogen-bond acceptors (Lipinski definition) is 1. The van der Waals surface area contributed by atoms with Crippen molar-refractivity contribution in [3.05, 3.63) is 0 Å². The normalized spacial score (nSPS) is 16.4. The van der Waals surface area contributed by atoms with Gasteiger partial charge >= 0.3 is 0 Å². The standard InChI is InChI=1S/C10H22O/c1-4-6-7-8-10(3,5-2)9-11/h11H,4-9H2,1-3H3. The van der Waals surface area contributed by atoms with Crippen LogP contribution in [0.4, 0.5) is 0 Å². The van der Waals surface area contributed by atoms with Crippen LogP contribution in [0.1, 0.15) is 52.9 Å². The molecular formula is C10H22O. The maximum absolute atomic E-state index is 9.08. The Morgan fingerprint density at radius 3 is 2.18 bits per heavy atom. The largest absolute Gasteiger partial charge is 0.396 e. The van der Waals surface area contributed by atoms with Crippen molar-refractivity contribution >= 4 is 0 Å². The number of hydrogen-bond donors (Lipinski definition) is 1. The third-order valence-corrected chi connectivity index (χ3v) is 2.62. The van der Waals surface area contributed by atoms with E-state index in [0.717, 1.165) is 6.42 Å². The van der Waals surface area contributed by atoms with Crippen LogP contribution < -0.4 is 0 Å². The predicted octanol–water partition coefficient (Wildman–Crippen LogP) is 2.98. The molecule has 68 valence electrons. The van der Waals surface area contributed by atoms with Crippen LogP contribution >= 0.6 is 0 Å². The van der Waals surface area contributed by atoms with E-state index in [4.69, 9.17) is 5.11 Å². The van der Waals surface area contributed by atoms with E-state index < -0.39 is 0 Å². The zero-order valence-electron chi connectivity index (χ0n) is 8.19. The summed E-state index contributed by atoms with van der Waals surface area (Å²) in [6.45, 7) is 6.88. The van der Waals surface area contributed by atoms with Gasteiger partial charge in [0.15, 0.2) is 0 Å². The molecule has 1 nitrogen and oxygen atoms in total. The molecule has 0 saturated heterocycles. The van der Waals surface area contributed by atoms with Crippen molar-refractivity contribution < 1.29 is 5.11 Å². The Morgan fingerprint density at radius 1 is 1.18 bits per heavy atom. The molecule has 0 heterocycles. The molecule has 0 radical (unpaired) electrons. The van der Waals surface area contributed by atoms with Gasteiger partial charge in [-0.15, -0.1) is 0 Å². The predicted molar refractivity (Wildman–Crippen MR) is 49.6 cm³/mol. The van der Waals surface area contributed by atoms with Gasteiger partial charge in [-0.25, -0.2) is 0 Å². The lowest BCUT2D eigenvalue weighted by Crippen LogP contribution is -2.19. The van der Waals surface area contributed by atoms with E-state index in [1.54, 1.807) is 0 Å². The van der Waals surface area contributed by atoms with Crippen molar-refractivity contribution in [3.8, 4) is 0 Å². The quantitative estimate of drug-likeness (QED) is 0.589. The van der Waals surface area contributed by atoms with Crippen LogP contribution in [0.2, 0.25) is 0 Å². The smallest absolute Gasteiger partial charge is 0.0484 e. The van der Waals surface area contributed by atoms with E-state index in [9.17, 15) is 0 Å². The Labute approximate surface area is 70.8 Å². The summed E-state index contributed by atoms with van der Waals surface area (Å²) in [6.07, 6.45) is 6.10. The van der Waals surface area contributed by atoms with Crippen LogP contribution in [-0.4, -0.2) is 11.7 Å². The first-order chi connectivity index (χ1) is 5.18. The van der Waals surface area contributed by atoms with E-state index >= 15 is 0 Å². The van der Waals surface area contributed by atoms with Crippen molar-refractivity contribution in [2.24, 2.45) is 5.41 Å². The minimum Gasteiger partial charge on any atom is -0.396 e. The first-order valence-corrected chi connectivity index (χ1v) is 4.79. The molecule has 0 fully saturated rings. The van der Waals surface area contributed by atoms with Crippen LogP contribution in [0, 0.1) is 5.41 Å². The molecule has 11 heavy (non-hydrogen) atoms. The number of aliphatic hydroxyl groups is 1. The summed E-state index contributed by atoms with van der Waals surface area (Å²) in [5.41, 5.74) is 0.190. The van der Waals surface area contributed by atoms with Gasteiger partial charge < -0.3 is 5.11 Å². The molecule has 1 heteroatoms. The molecular weight excluding hydrogens is 136 g/mol. The first-order valence-electron chi connectivity index (χ1n) is 4.79. The van der Waals surface area contributed by atoms with Crippen LogP contribution in [-0.2, 0) is 0 Å². The lowest BCUT2D eigenvalue weighted by atomic mass is 9.83. The summed E-state index contributed by atoms with van der Waals surface area (Å²) < 4.78 is 0. The molecule has 0 aliphatic heterocycles. The minimum absolute atomic E-state index is 0.190. The third kappa shape index (κ3) is 4.41. The topological polar surface area (TPSA) is 20.2 Å². The maximum Gasteiger partial charge on any atom is 0.0484 e. The zero-order chi connectivity index (χ0) is 8.74. The van der Waals surface area contributed by atoms with E-state index in [-0.39, 0.29) is 5.41 Å². The molecule has 1 atom stereocenters. The highest BCUT2D eigenvalue weighted by molar-refractivity contribution is 4.70. The van der Waals surface area contributed by atoms with Gasteiger partial charge in [-0.2, -0.15) is 0 Å². The SMILES string of the molecule is CCCCCC(C)(CC)CO.